The van der Waals surface area contributed by atoms with Gasteiger partial charge in [-0.05, 0) is 29.7 Å². The van der Waals surface area contributed by atoms with Crippen molar-refractivity contribution < 1.29 is 38.0 Å². The number of halogens is 1. The fraction of sp³-hybridized carbons (Fsp3) is 0.0526. The molecular formula is C19H18ClNNaO2PS. The maximum absolute atomic E-state index is 11.0. The van der Waals surface area contributed by atoms with E-state index in [4.69, 9.17) is 11.8 Å². The molecule has 26 heavy (non-hydrogen) atoms. The van der Waals surface area contributed by atoms with Gasteiger partial charge in [0.15, 0.2) is 0 Å². The molecule has 0 aromatic heterocycles. The summed E-state index contributed by atoms with van der Waals surface area (Å²) in [5.41, 5.74) is 0.989. The topological polar surface area (TPSA) is 48.2 Å². The van der Waals surface area contributed by atoms with Crippen LogP contribution in [0.15, 0.2) is 89.8 Å². The Balaban J connectivity index is 0.000000251. The fourth-order valence-corrected chi connectivity index (χ4v) is 3.81. The zero-order valence-corrected chi connectivity index (χ0v) is 19.2. The first-order chi connectivity index (χ1) is 12.0. The van der Waals surface area contributed by atoms with E-state index >= 15 is 0 Å². The van der Waals surface area contributed by atoms with Gasteiger partial charge in [-0.25, -0.2) is 8.42 Å². The molecule has 0 heterocycles. The SMILES string of the molecule is Cc1ccc(S(=O)(=O)[N-]Cl)cc1.[Na+].c1ccc(Pc2ccccc2)cc1. The second kappa shape index (κ2) is 11.9. The van der Waals surface area contributed by atoms with Gasteiger partial charge in [0.2, 0.25) is 0 Å². The molecule has 0 unspecified atom stereocenters. The average molecular weight is 414 g/mol. The number of nitrogens with zero attached hydrogens (tertiary/aromatic N) is 1. The number of hydrogen-bond acceptors (Lipinski definition) is 2. The maximum atomic E-state index is 11.0. The molecule has 0 bridgehead atoms. The van der Waals surface area contributed by atoms with Crippen LogP contribution in [0.3, 0.4) is 0 Å². The summed E-state index contributed by atoms with van der Waals surface area (Å²) in [6, 6.07) is 27.5. The summed E-state index contributed by atoms with van der Waals surface area (Å²) in [7, 11) is -2.85. The zero-order chi connectivity index (χ0) is 18.1. The van der Waals surface area contributed by atoms with Gasteiger partial charge in [0, 0.05) is 4.90 Å². The van der Waals surface area contributed by atoms with Crippen molar-refractivity contribution in [2.75, 3.05) is 0 Å². The van der Waals surface area contributed by atoms with Crippen molar-refractivity contribution in [2.24, 2.45) is 0 Å². The van der Waals surface area contributed by atoms with Crippen LogP contribution in [0.2, 0.25) is 0 Å². The van der Waals surface area contributed by atoms with Crippen molar-refractivity contribution >= 4 is 41.0 Å². The van der Waals surface area contributed by atoms with Crippen molar-refractivity contribution in [3.05, 3.63) is 94.7 Å². The molecule has 0 saturated carbocycles. The first-order valence-electron chi connectivity index (χ1n) is 7.53. The van der Waals surface area contributed by atoms with E-state index in [1.807, 2.05) is 6.92 Å². The minimum Gasteiger partial charge on any atom is -0.458 e. The van der Waals surface area contributed by atoms with Gasteiger partial charge in [-0.2, -0.15) is 0 Å². The van der Waals surface area contributed by atoms with Crippen molar-refractivity contribution in [2.45, 2.75) is 11.8 Å². The Morgan fingerprint density at radius 1 is 0.769 bits per heavy atom. The van der Waals surface area contributed by atoms with E-state index in [1.54, 1.807) is 12.1 Å². The van der Waals surface area contributed by atoms with E-state index in [0.717, 1.165) is 14.1 Å². The van der Waals surface area contributed by atoms with Crippen LogP contribution < -0.4 is 40.2 Å². The monoisotopic (exact) mass is 413 g/mol. The molecule has 3 aromatic carbocycles. The second-order valence-electron chi connectivity index (χ2n) is 5.21. The van der Waals surface area contributed by atoms with Crippen LogP contribution >= 0.6 is 20.4 Å². The Labute approximate surface area is 184 Å². The molecule has 0 aliphatic carbocycles. The first-order valence-corrected chi connectivity index (χ1v) is 10.3. The summed E-state index contributed by atoms with van der Waals surface area (Å²) in [5.74, 6) is 0. The Kier molecular flexibility index (Phi) is 10.7. The minimum absolute atomic E-state index is 0. The largest absolute Gasteiger partial charge is 1.00 e. The third-order valence-corrected chi connectivity index (χ3v) is 6.08. The number of aryl methyl sites for hydroxylation is 1. The van der Waals surface area contributed by atoms with E-state index in [9.17, 15) is 8.42 Å². The van der Waals surface area contributed by atoms with Gasteiger partial charge < -0.3 is 4.24 Å². The molecule has 0 fully saturated rings. The quantitative estimate of drug-likeness (QED) is 0.481. The molecule has 3 rings (SSSR count). The second-order valence-corrected chi connectivity index (χ2v) is 8.59. The van der Waals surface area contributed by atoms with Crippen molar-refractivity contribution in [3.63, 3.8) is 0 Å². The van der Waals surface area contributed by atoms with Crippen molar-refractivity contribution in [1.82, 2.24) is 0 Å². The van der Waals surface area contributed by atoms with Crippen LogP contribution in [0.25, 0.3) is 4.24 Å². The van der Waals surface area contributed by atoms with E-state index in [0.29, 0.717) is 0 Å². The van der Waals surface area contributed by atoms with E-state index in [-0.39, 0.29) is 34.5 Å². The normalized spacial score (nSPS) is 10.2. The van der Waals surface area contributed by atoms with E-state index < -0.39 is 10.0 Å². The standard InChI is InChI=1S/C12H11P.C7H7ClNO2S.Na/c1-3-7-11(8-4-1)13-12-9-5-2-6-10-12;1-6-2-4-7(5-3-6)12(10,11)9-8;/h1-10,13H;2-5H,1H3;/q;-1;+1. The Morgan fingerprint density at radius 2 is 1.19 bits per heavy atom. The fourth-order valence-electron chi connectivity index (χ4n) is 1.96. The molecule has 0 radical (unpaired) electrons. The van der Waals surface area contributed by atoms with E-state index in [1.165, 1.54) is 22.7 Å². The average Bonchev–Trinajstić information content (AvgIpc) is 2.64. The van der Waals surface area contributed by atoms with Gasteiger partial charge in [0.05, 0.1) is 0 Å². The summed E-state index contributed by atoms with van der Waals surface area (Å²) in [6.45, 7) is 1.87. The van der Waals surface area contributed by atoms with Crippen molar-refractivity contribution in [1.29, 1.82) is 0 Å². The molecule has 7 heteroatoms. The van der Waals surface area contributed by atoms with Crippen LogP contribution in [0.4, 0.5) is 0 Å². The van der Waals surface area contributed by atoms with Gasteiger partial charge in [-0.1, -0.05) is 86.9 Å². The van der Waals surface area contributed by atoms with Gasteiger partial charge in [-0.15, -0.1) is 0 Å². The molecule has 0 atom stereocenters. The number of sulfonamides is 1. The van der Waals surface area contributed by atoms with Gasteiger partial charge in [0.1, 0.15) is 10.0 Å². The van der Waals surface area contributed by atoms with Crippen LogP contribution in [0.5, 0.6) is 0 Å². The number of rotatable bonds is 4. The third kappa shape index (κ3) is 7.89. The third-order valence-electron chi connectivity index (χ3n) is 3.25. The summed E-state index contributed by atoms with van der Waals surface area (Å²) in [5, 5.41) is 2.79. The molecule has 130 valence electrons. The number of benzene rings is 3. The predicted molar refractivity (Wildman–Crippen MR) is 108 cm³/mol. The van der Waals surface area contributed by atoms with Crippen LogP contribution in [-0.2, 0) is 10.0 Å². The molecule has 0 spiro atoms. The Bertz CT molecular complexity index is 839. The Morgan fingerprint density at radius 3 is 1.58 bits per heavy atom. The molecule has 0 aliphatic heterocycles. The molecule has 3 nitrogen and oxygen atoms in total. The van der Waals surface area contributed by atoms with Gasteiger partial charge in [0.25, 0.3) is 0 Å². The van der Waals surface area contributed by atoms with Crippen molar-refractivity contribution in [3.8, 4) is 0 Å². The molecule has 0 N–H and O–H groups in total. The molecular weight excluding hydrogens is 396 g/mol. The summed E-state index contributed by atoms with van der Waals surface area (Å²) < 4.78 is 24.8. The first kappa shape index (κ1) is 23.3. The van der Waals surface area contributed by atoms with Gasteiger partial charge >= 0.3 is 29.6 Å². The van der Waals surface area contributed by atoms with Crippen LogP contribution in [0.1, 0.15) is 5.56 Å². The predicted octanol–water partition coefficient (Wildman–Crippen LogP) is 1.53. The smallest absolute Gasteiger partial charge is 0.458 e. The minimum atomic E-state index is -3.62. The van der Waals surface area contributed by atoms with E-state index in [2.05, 4.69) is 64.9 Å². The van der Waals surface area contributed by atoms with Crippen LogP contribution in [0, 0.1) is 6.92 Å². The number of hydrogen-bond donors (Lipinski definition) is 0. The molecule has 0 amide bonds. The van der Waals surface area contributed by atoms with Crippen LogP contribution in [-0.4, -0.2) is 8.42 Å². The van der Waals surface area contributed by atoms with Gasteiger partial charge in [-0.3, -0.25) is 11.8 Å². The Hall–Kier alpha value is -0.710. The zero-order valence-electron chi connectivity index (χ0n) is 14.6. The summed E-state index contributed by atoms with van der Waals surface area (Å²) >= 11 is 4.90. The molecule has 3 aromatic rings. The summed E-state index contributed by atoms with van der Waals surface area (Å²) in [4.78, 5) is 0.114. The summed E-state index contributed by atoms with van der Waals surface area (Å²) in [6.07, 6.45) is 0. The molecule has 0 saturated heterocycles. The molecule has 0 aliphatic rings. The maximum Gasteiger partial charge on any atom is 1.00 e.